The maximum absolute atomic E-state index is 12.5. The Balaban J connectivity index is 1.08. The summed E-state index contributed by atoms with van der Waals surface area (Å²) in [5.41, 5.74) is 17.3. The maximum Gasteiger partial charge on any atom is 0.326 e. The number of nitrogens with one attached hydrogen (secondary N) is 2. The van der Waals surface area contributed by atoms with Crippen molar-refractivity contribution in [2.45, 2.75) is 39.3 Å². The largest absolute Gasteiger partial charge is 0.399 e. The third-order valence-corrected chi connectivity index (χ3v) is 7.41. The topological polar surface area (TPSA) is 135 Å². The molecule has 198 valence electrons. The number of piperidine rings is 1. The highest BCUT2D eigenvalue weighted by atomic mass is 16.2. The molecule has 1 fully saturated rings. The van der Waals surface area contributed by atoms with Crippen molar-refractivity contribution in [2.75, 3.05) is 31.1 Å². The Morgan fingerprint density at radius 1 is 1.03 bits per heavy atom. The molecule has 0 radical (unpaired) electrons. The van der Waals surface area contributed by atoms with Gasteiger partial charge in [0, 0.05) is 30.0 Å². The number of hydrogen-bond donors (Lipinski definition) is 4. The van der Waals surface area contributed by atoms with Crippen LogP contribution in [-0.2, 0) is 13.1 Å². The Kier molecular flexibility index (Phi) is 7.46. The fraction of sp³-hybridized carbons (Fsp3) is 0.345. The lowest BCUT2D eigenvalue weighted by molar-refractivity contribution is 0.0947. The third kappa shape index (κ3) is 5.89. The van der Waals surface area contributed by atoms with Crippen molar-refractivity contribution in [2.24, 2.45) is 5.92 Å². The molecule has 38 heavy (non-hydrogen) atoms. The number of hydrogen-bond acceptors (Lipinski definition) is 6. The van der Waals surface area contributed by atoms with E-state index in [0.29, 0.717) is 41.6 Å². The maximum atomic E-state index is 12.5. The number of aromatic nitrogens is 3. The number of carbonyl (C=O) groups is 1. The van der Waals surface area contributed by atoms with Gasteiger partial charge in [-0.05, 0) is 86.7 Å². The molecule has 0 atom stereocenters. The summed E-state index contributed by atoms with van der Waals surface area (Å²) in [4.78, 5) is 34.4. The molecule has 2 aromatic carbocycles. The van der Waals surface area contributed by atoms with Crippen LogP contribution in [0, 0.1) is 12.8 Å². The number of aryl methyl sites for hydroxylation is 1. The van der Waals surface area contributed by atoms with Crippen molar-refractivity contribution in [1.29, 1.82) is 0 Å². The molecule has 5 rings (SSSR count). The highest BCUT2D eigenvalue weighted by Gasteiger charge is 2.19. The molecule has 4 aromatic rings. The van der Waals surface area contributed by atoms with Crippen LogP contribution in [0.1, 0.15) is 46.4 Å². The summed E-state index contributed by atoms with van der Waals surface area (Å²) >= 11 is 0. The van der Waals surface area contributed by atoms with E-state index in [1.165, 1.54) is 5.56 Å². The van der Waals surface area contributed by atoms with Gasteiger partial charge in [0.15, 0.2) is 0 Å². The molecule has 0 unspecified atom stereocenters. The normalized spacial score (nSPS) is 14.7. The molecule has 1 aliphatic rings. The fourth-order valence-electron chi connectivity index (χ4n) is 5.21. The molecule has 9 nitrogen and oxygen atoms in total. The number of imidazole rings is 1. The molecule has 3 heterocycles. The number of nitrogen functional groups attached to an aromatic ring is 2. The SMILES string of the molecule is Cc1cc2c([nH]c(=O)n2Cc2ccc(CN3CCC(CCNC(=O)c4ccc(N)cc4)CC3)cc2)c(N)n1. The number of anilines is 2. The third-order valence-electron chi connectivity index (χ3n) is 7.41. The summed E-state index contributed by atoms with van der Waals surface area (Å²) in [6, 6.07) is 17.4. The van der Waals surface area contributed by atoms with E-state index in [2.05, 4.69) is 44.5 Å². The molecule has 1 amide bonds. The van der Waals surface area contributed by atoms with Gasteiger partial charge < -0.3 is 21.8 Å². The first kappa shape index (κ1) is 25.5. The number of carbonyl (C=O) groups excluding carboxylic acids is 1. The zero-order valence-corrected chi connectivity index (χ0v) is 21.7. The summed E-state index contributed by atoms with van der Waals surface area (Å²) < 4.78 is 1.71. The van der Waals surface area contributed by atoms with E-state index in [1.807, 2.05) is 13.0 Å². The minimum Gasteiger partial charge on any atom is -0.399 e. The van der Waals surface area contributed by atoms with Gasteiger partial charge in [-0.15, -0.1) is 0 Å². The van der Waals surface area contributed by atoms with Crippen molar-refractivity contribution in [3.63, 3.8) is 0 Å². The Morgan fingerprint density at radius 3 is 2.37 bits per heavy atom. The van der Waals surface area contributed by atoms with Gasteiger partial charge in [0.1, 0.15) is 11.3 Å². The molecular weight excluding hydrogens is 478 g/mol. The molecule has 2 aromatic heterocycles. The molecule has 9 heteroatoms. The van der Waals surface area contributed by atoms with Gasteiger partial charge in [-0.2, -0.15) is 0 Å². The Morgan fingerprint density at radius 2 is 1.68 bits per heavy atom. The van der Waals surface area contributed by atoms with Crippen molar-refractivity contribution >= 4 is 28.4 Å². The van der Waals surface area contributed by atoms with Gasteiger partial charge in [-0.1, -0.05) is 24.3 Å². The monoisotopic (exact) mass is 513 g/mol. The number of pyridine rings is 1. The highest BCUT2D eigenvalue weighted by molar-refractivity contribution is 5.94. The van der Waals surface area contributed by atoms with Crippen LogP contribution in [0.25, 0.3) is 11.0 Å². The molecule has 1 saturated heterocycles. The predicted octanol–water partition coefficient (Wildman–Crippen LogP) is 3.28. The van der Waals surface area contributed by atoms with E-state index in [-0.39, 0.29) is 11.6 Å². The first-order chi connectivity index (χ1) is 18.4. The van der Waals surface area contributed by atoms with Gasteiger partial charge in [-0.25, -0.2) is 9.78 Å². The van der Waals surface area contributed by atoms with E-state index in [4.69, 9.17) is 11.5 Å². The lowest BCUT2D eigenvalue weighted by Crippen LogP contribution is -2.34. The lowest BCUT2D eigenvalue weighted by Gasteiger charge is -2.32. The summed E-state index contributed by atoms with van der Waals surface area (Å²) in [5.74, 6) is 0.928. The first-order valence-electron chi connectivity index (χ1n) is 13.2. The molecular formula is C29H35N7O2. The molecule has 0 spiro atoms. The second-order valence-corrected chi connectivity index (χ2v) is 10.3. The summed E-state index contributed by atoms with van der Waals surface area (Å²) in [6.45, 7) is 6.06. The molecule has 1 aliphatic heterocycles. The van der Waals surface area contributed by atoms with Gasteiger partial charge in [0.2, 0.25) is 0 Å². The van der Waals surface area contributed by atoms with Crippen molar-refractivity contribution < 1.29 is 4.79 Å². The lowest BCUT2D eigenvalue weighted by atomic mass is 9.93. The number of nitrogens with zero attached hydrogens (tertiary/aromatic N) is 3. The first-order valence-corrected chi connectivity index (χ1v) is 13.2. The van der Waals surface area contributed by atoms with Crippen LogP contribution < -0.4 is 22.5 Å². The van der Waals surface area contributed by atoms with Crippen molar-refractivity contribution in [3.05, 3.63) is 87.5 Å². The van der Waals surface area contributed by atoms with Crippen LogP contribution in [0.2, 0.25) is 0 Å². The molecule has 0 bridgehead atoms. The van der Waals surface area contributed by atoms with Gasteiger partial charge in [0.05, 0.1) is 12.1 Å². The number of nitrogens with two attached hydrogens (primary N) is 2. The Hall–Kier alpha value is -4.11. The average Bonchev–Trinajstić information content (AvgIpc) is 3.21. The van der Waals surface area contributed by atoms with Gasteiger partial charge in [0.25, 0.3) is 5.91 Å². The number of rotatable bonds is 8. The van der Waals surface area contributed by atoms with Crippen LogP contribution in [0.4, 0.5) is 11.5 Å². The standard InChI is InChI=1S/C29H35N7O2/c1-19-16-25-26(27(31)33-19)34-29(38)36(25)18-22-4-2-21(3-5-22)17-35-14-11-20(12-15-35)10-13-32-28(37)23-6-8-24(30)9-7-23/h2-9,16,20H,10-15,17-18,30H2,1H3,(H2,31,33)(H,32,37)(H,34,38). The number of fused-ring (bicyclic) bond motifs is 1. The van der Waals surface area contributed by atoms with Crippen LogP contribution in [0.3, 0.4) is 0 Å². The summed E-state index contributed by atoms with van der Waals surface area (Å²) in [6.07, 6.45) is 3.27. The number of benzene rings is 2. The van der Waals surface area contributed by atoms with Crippen LogP contribution in [0.5, 0.6) is 0 Å². The summed E-state index contributed by atoms with van der Waals surface area (Å²) in [5, 5.41) is 3.03. The number of likely N-dealkylation sites (tertiary alicyclic amines) is 1. The average molecular weight is 514 g/mol. The highest BCUT2D eigenvalue weighted by Crippen LogP contribution is 2.22. The van der Waals surface area contributed by atoms with Crippen molar-refractivity contribution in [3.8, 4) is 0 Å². The minimum absolute atomic E-state index is 0.0447. The van der Waals surface area contributed by atoms with Crippen LogP contribution >= 0.6 is 0 Å². The number of amides is 1. The second kappa shape index (κ2) is 11.1. The molecule has 0 aliphatic carbocycles. The van der Waals surface area contributed by atoms with E-state index in [9.17, 15) is 9.59 Å². The zero-order chi connectivity index (χ0) is 26.6. The van der Waals surface area contributed by atoms with Crippen LogP contribution in [-0.4, -0.2) is 45.0 Å². The van der Waals surface area contributed by atoms with E-state index < -0.39 is 0 Å². The van der Waals surface area contributed by atoms with E-state index in [0.717, 1.165) is 55.7 Å². The number of aromatic amines is 1. The molecule has 6 N–H and O–H groups in total. The van der Waals surface area contributed by atoms with Crippen molar-refractivity contribution in [1.82, 2.24) is 24.8 Å². The fourth-order valence-corrected chi connectivity index (χ4v) is 5.21. The molecule has 0 saturated carbocycles. The summed E-state index contributed by atoms with van der Waals surface area (Å²) in [7, 11) is 0. The predicted molar refractivity (Wildman–Crippen MR) is 151 cm³/mol. The van der Waals surface area contributed by atoms with E-state index >= 15 is 0 Å². The smallest absolute Gasteiger partial charge is 0.326 e. The number of H-pyrrole nitrogens is 1. The quantitative estimate of drug-likeness (QED) is 0.267. The Labute approximate surface area is 221 Å². The van der Waals surface area contributed by atoms with Gasteiger partial charge in [-0.3, -0.25) is 14.3 Å². The van der Waals surface area contributed by atoms with Crippen LogP contribution in [0.15, 0.2) is 59.4 Å². The zero-order valence-electron chi connectivity index (χ0n) is 21.7. The van der Waals surface area contributed by atoms with E-state index in [1.54, 1.807) is 28.8 Å². The Bertz CT molecular complexity index is 1460. The minimum atomic E-state index is -0.184. The van der Waals surface area contributed by atoms with Gasteiger partial charge >= 0.3 is 5.69 Å². The second-order valence-electron chi connectivity index (χ2n) is 10.3.